The number of nitrogens with zero attached hydrogens (tertiary/aromatic N) is 3. The van der Waals surface area contributed by atoms with E-state index in [1.807, 2.05) is 0 Å². The zero-order valence-corrected chi connectivity index (χ0v) is 21.1. The van der Waals surface area contributed by atoms with Crippen molar-refractivity contribution in [3.63, 3.8) is 0 Å². The highest BCUT2D eigenvalue weighted by molar-refractivity contribution is 6.31. The van der Waals surface area contributed by atoms with Crippen LogP contribution in [0.2, 0.25) is 5.02 Å². The quantitative estimate of drug-likeness (QED) is 0.369. The minimum absolute atomic E-state index is 0.00151. The molecule has 2 N–H and O–H groups in total. The summed E-state index contributed by atoms with van der Waals surface area (Å²) in [6.45, 7) is -0.148. The van der Waals surface area contributed by atoms with Crippen LogP contribution in [0, 0.1) is 5.82 Å². The van der Waals surface area contributed by atoms with Gasteiger partial charge >= 0.3 is 18.1 Å². The molecule has 3 rings (SSSR count). The predicted molar refractivity (Wildman–Crippen MR) is 136 cm³/mol. The van der Waals surface area contributed by atoms with Crippen molar-refractivity contribution >= 4 is 46.3 Å². The molecule has 0 saturated heterocycles. The van der Waals surface area contributed by atoms with E-state index in [0.717, 1.165) is 10.8 Å². The largest absolute Gasteiger partial charge is 0.469 e. The SMILES string of the molecule is COC(=O)CCC[C@@H](COC(=O)Nc1cc2cnccc2cn1)N(C)C(=O)NCc1cccc(F)c1Cl. The van der Waals surface area contributed by atoms with E-state index in [4.69, 9.17) is 16.3 Å². The second-order valence-corrected chi connectivity index (χ2v) is 8.50. The van der Waals surface area contributed by atoms with Crippen molar-refractivity contribution in [3.8, 4) is 0 Å². The molecule has 196 valence electrons. The van der Waals surface area contributed by atoms with Crippen molar-refractivity contribution in [2.75, 3.05) is 26.1 Å². The van der Waals surface area contributed by atoms with E-state index in [9.17, 15) is 18.8 Å². The number of rotatable bonds is 10. The number of urea groups is 1. The number of anilines is 1. The van der Waals surface area contributed by atoms with Crippen molar-refractivity contribution in [2.45, 2.75) is 31.8 Å². The highest BCUT2D eigenvalue weighted by atomic mass is 35.5. The maximum Gasteiger partial charge on any atom is 0.412 e. The molecule has 37 heavy (non-hydrogen) atoms. The number of methoxy groups -OCH3 is 1. The Balaban J connectivity index is 1.60. The van der Waals surface area contributed by atoms with Gasteiger partial charge in [0.2, 0.25) is 0 Å². The first kappa shape index (κ1) is 27.6. The second-order valence-electron chi connectivity index (χ2n) is 8.12. The van der Waals surface area contributed by atoms with Crippen molar-refractivity contribution in [2.24, 2.45) is 0 Å². The average molecular weight is 532 g/mol. The Hall–Kier alpha value is -3.99. The lowest BCUT2D eigenvalue weighted by Gasteiger charge is -2.28. The van der Waals surface area contributed by atoms with Gasteiger partial charge in [-0.2, -0.15) is 0 Å². The fourth-order valence-corrected chi connectivity index (χ4v) is 3.67. The lowest BCUT2D eigenvalue weighted by Crippen LogP contribution is -2.46. The molecule has 0 aliphatic heterocycles. The van der Waals surface area contributed by atoms with Gasteiger partial charge in [0.15, 0.2) is 0 Å². The zero-order valence-electron chi connectivity index (χ0n) is 20.4. The molecule has 10 nitrogen and oxygen atoms in total. The molecule has 1 atom stereocenters. The summed E-state index contributed by atoms with van der Waals surface area (Å²) in [4.78, 5) is 46.3. The molecule has 12 heteroatoms. The fraction of sp³-hybridized carbons (Fsp3) is 0.320. The average Bonchev–Trinajstić information content (AvgIpc) is 2.90. The lowest BCUT2D eigenvalue weighted by atomic mass is 10.1. The molecule has 0 unspecified atom stereocenters. The number of fused-ring (bicyclic) bond motifs is 1. The van der Waals surface area contributed by atoms with Gasteiger partial charge in [-0.25, -0.2) is 19.0 Å². The normalized spacial score (nSPS) is 11.5. The first-order chi connectivity index (χ1) is 17.8. The summed E-state index contributed by atoms with van der Waals surface area (Å²) in [6, 6.07) is 6.73. The number of nitrogens with one attached hydrogen (secondary N) is 2. The van der Waals surface area contributed by atoms with Crippen LogP contribution in [0.4, 0.5) is 19.8 Å². The molecular weight excluding hydrogens is 505 g/mol. The van der Waals surface area contributed by atoms with Crippen LogP contribution < -0.4 is 10.6 Å². The lowest BCUT2D eigenvalue weighted by molar-refractivity contribution is -0.140. The number of aromatic nitrogens is 2. The number of halogens is 2. The van der Waals surface area contributed by atoms with Gasteiger partial charge in [0.25, 0.3) is 0 Å². The first-order valence-corrected chi connectivity index (χ1v) is 11.8. The van der Waals surface area contributed by atoms with Crippen molar-refractivity contribution in [1.29, 1.82) is 0 Å². The van der Waals surface area contributed by atoms with E-state index in [2.05, 4.69) is 25.3 Å². The Morgan fingerprint density at radius 2 is 2.00 bits per heavy atom. The monoisotopic (exact) mass is 531 g/mol. The van der Waals surface area contributed by atoms with Gasteiger partial charge < -0.3 is 19.7 Å². The van der Waals surface area contributed by atoms with E-state index in [-0.39, 0.29) is 36.4 Å². The third-order valence-electron chi connectivity index (χ3n) is 5.63. The smallest absolute Gasteiger partial charge is 0.412 e. The number of hydrogen-bond acceptors (Lipinski definition) is 7. The highest BCUT2D eigenvalue weighted by Gasteiger charge is 2.22. The fourth-order valence-electron chi connectivity index (χ4n) is 3.48. The summed E-state index contributed by atoms with van der Waals surface area (Å²) in [7, 11) is 2.83. The van der Waals surface area contributed by atoms with Crippen molar-refractivity contribution < 1.29 is 28.2 Å². The van der Waals surface area contributed by atoms with Gasteiger partial charge in [0.1, 0.15) is 18.2 Å². The van der Waals surface area contributed by atoms with Gasteiger partial charge in [-0.3, -0.25) is 15.1 Å². The number of esters is 1. The predicted octanol–water partition coefficient (Wildman–Crippen LogP) is 4.52. The molecule has 0 aliphatic rings. The van der Waals surface area contributed by atoms with Gasteiger partial charge in [0, 0.05) is 49.4 Å². The summed E-state index contributed by atoms with van der Waals surface area (Å²) in [5.41, 5.74) is 0.416. The van der Waals surface area contributed by atoms with E-state index in [1.54, 1.807) is 36.8 Å². The highest BCUT2D eigenvalue weighted by Crippen LogP contribution is 2.20. The summed E-state index contributed by atoms with van der Waals surface area (Å²) < 4.78 is 23.7. The van der Waals surface area contributed by atoms with E-state index < -0.39 is 24.0 Å². The molecule has 3 aromatic rings. The molecule has 2 aromatic heterocycles. The molecular formula is C25H27ClFN5O5. The van der Waals surface area contributed by atoms with Crippen LogP contribution in [-0.4, -0.2) is 59.8 Å². The molecule has 1 aromatic carbocycles. The van der Waals surface area contributed by atoms with Gasteiger partial charge in [0.05, 0.1) is 18.2 Å². The number of amides is 3. The molecule has 0 bridgehead atoms. The number of hydrogen-bond donors (Lipinski definition) is 2. The Morgan fingerprint density at radius 3 is 2.78 bits per heavy atom. The van der Waals surface area contributed by atoms with Crippen LogP contribution in [0.15, 0.2) is 48.9 Å². The van der Waals surface area contributed by atoms with Gasteiger partial charge in [-0.15, -0.1) is 0 Å². The van der Waals surface area contributed by atoms with Crippen LogP contribution in [0.1, 0.15) is 24.8 Å². The Morgan fingerprint density at radius 1 is 1.19 bits per heavy atom. The summed E-state index contributed by atoms with van der Waals surface area (Å²) in [5.74, 6) is -0.688. The summed E-state index contributed by atoms with van der Waals surface area (Å²) >= 11 is 5.96. The molecule has 0 saturated carbocycles. The number of carbonyl (C=O) groups is 3. The topological polar surface area (TPSA) is 123 Å². The summed E-state index contributed by atoms with van der Waals surface area (Å²) in [5, 5.41) is 6.82. The molecule has 0 fully saturated rings. The van der Waals surface area contributed by atoms with Gasteiger partial charge in [-0.1, -0.05) is 23.7 Å². The van der Waals surface area contributed by atoms with Crippen LogP contribution in [0.5, 0.6) is 0 Å². The molecule has 3 amide bonds. The number of benzene rings is 1. The number of ether oxygens (including phenoxy) is 2. The second kappa shape index (κ2) is 13.4. The zero-order chi connectivity index (χ0) is 26.8. The number of likely N-dealkylation sites (N-methyl/N-ethyl adjacent to an activating group) is 1. The van der Waals surface area contributed by atoms with Gasteiger partial charge in [-0.05, 0) is 36.6 Å². The van der Waals surface area contributed by atoms with Crippen LogP contribution in [0.3, 0.4) is 0 Å². The Bertz CT molecular complexity index is 1260. The molecule has 0 aliphatic carbocycles. The van der Waals surface area contributed by atoms with Crippen molar-refractivity contribution in [1.82, 2.24) is 20.2 Å². The minimum Gasteiger partial charge on any atom is -0.469 e. The Kier molecular flexibility index (Phi) is 9.96. The first-order valence-electron chi connectivity index (χ1n) is 11.4. The van der Waals surface area contributed by atoms with Crippen LogP contribution >= 0.6 is 11.6 Å². The number of carbonyl (C=O) groups excluding carboxylic acids is 3. The van der Waals surface area contributed by atoms with Crippen LogP contribution in [0.25, 0.3) is 10.8 Å². The molecule has 0 spiro atoms. The summed E-state index contributed by atoms with van der Waals surface area (Å²) in [6.07, 6.45) is 5.03. The van der Waals surface area contributed by atoms with Crippen LogP contribution in [-0.2, 0) is 20.8 Å². The Labute approximate surface area is 218 Å². The molecule has 2 heterocycles. The third kappa shape index (κ3) is 8.01. The van der Waals surface area contributed by atoms with E-state index in [1.165, 1.54) is 31.2 Å². The minimum atomic E-state index is -0.756. The van der Waals surface area contributed by atoms with Crippen molar-refractivity contribution in [3.05, 3.63) is 65.3 Å². The van der Waals surface area contributed by atoms with E-state index in [0.29, 0.717) is 18.4 Å². The maximum absolute atomic E-state index is 13.7. The van der Waals surface area contributed by atoms with E-state index >= 15 is 0 Å². The molecule has 0 radical (unpaired) electrons. The standard InChI is InChI=1S/C25H27ClFN5O5/c1-32(24(34)30-14-17-5-3-7-20(27)23(17)26)19(6-4-8-22(33)36-2)15-37-25(35)31-21-11-18-12-28-10-9-16(18)13-29-21/h3,5,7,9-13,19H,4,6,8,14-15H2,1-2H3,(H,30,34)(H,29,31,35)/t19-/m0/s1. The maximum atomic E-state index is 13.7. The number of pyridine rings is 2. The third-order valence-corrected chi connectivity index (χ3v) is 6.06.